The highest BCUT2D eigenvalue weighted by atomic mass is 19.2. The average molecular weight is 224 g/mol. The van der Waals surface area contributed by atoms with Crippen molar-refractivity contribution in [3.63, 3.8) is 0 Å². The quantitative estimate of drug-likeness (QED) is 0.454. The first kappa shape index (κ1) is 12.6. The van der Waals surface area contributed by atoms with Gasteiger partial charge in [-0.2, -0.15) is 0 Å². The van der Waals surface area contributed by atoms with Gasteiger partial charge in [-0.25, -0.2) is 8.78 Å². The van der Waals surface area contributed by atoms with Gasteiger partial charge in [0, 0.05) is 12.5 Å². The molecule has 0 saturated carbocycles. The van der Waals surface area contributed by atoms with Crippen LogP contribution in [0.5, 0.6) is 0 Å². The monoisotopic (exact) mass is 224 g/mol. The lowest BCUT2D eigenvalue weighted by atomic mass is 10.0. The minimum Gasteiger partial charge on any atom is -0.271 e. The molecule has 0 saturated heterocycles. The van der Waals surface area contributed by atoms with Gasteiger partial charge in [0.05, 0.1) is 0 Å². The highest BCUT2D eigenvalue weighted by molar-refractivity contribution is 5.18. The van der Waals surface area contributed by atoms with Gasteiger partial charge >= 0.3 is 0 Å². The average Bonchev–Trinajstić information content (AvgIpc) is 2.29. The first-order valence-corrected chi connectivity index (χ1v) is 5.01. The second kappa shape index (κ2) is 6.21. The smallest absolute Gasteiger partial charge is 0.159 e. The molecule has 0 aliphatic heterocycles. The van der Waals surface area contributed by atoms with Crippen molar-refractivity contribution in [1.82, 2.24) is 5.43 Å². The first-order valence-electron chi connectivity index (χ1n) is 5.01. The summed E-state index contributed by atoms with van der Waals surface area (Å²) in [5.41, 5.74) is 3.30. The molecule has 0 fully saturated rings. The topological polar surface area (TPSA) is 38.0 Å². The van der Waals surface area contributed by atoms with Gasteiger partial charge in [0.1, 0.15) is 0 Å². The molecule has 0 aromatic heterocycles. The summed E-state index contributed by atoms with van der Waals surface area (Å²) < 4.78 is 25.6. The Hall–Kier alpha value is -1.44. The Labute approximate surface area is 93.8 Å². The van der Waals surface area contributed by atoms with E-state index in [1.54, 1.807) is 6.07 Å². The number of halogens is 2. The van der Waals surface area contributed by atoms with Crippen LogP contribution >= 0.6 is 0 Å². The van der Waals surface area contributed by atoms with Crippen molar-refractivity contribution in [2.24, 2.45) is 5.84 Å². The summed E-state index contributed by atoms with van der Waals surface area (Å²) in [6, 6.07) is 3.80. The molecule has 0 bridgehead atoms. The van der Waals surface area contributed by atoms with Gasteiger partial charge in [-0.15, -0.1) is 12.3 Å². The van der Waals surface area contributed by atoms with Crippen molar-refractivity contribution in [2.45, 2.75) is 25.3 Å². The zero-order valence-corrected chi connectivity index (χ0v) is 8.84. The number of benzene rings is 1. The Morgan fingerprint density at radius 1 is 1.38 bits per heavy atom. The summed E-state index contributed by atoms with van der Waals surface area (Å²) in [6.07, 6.45) is 6.96. The molecule has 4 heteroatoms. The summed E-state index contributed by atoms with van der Waals surface area (Å²) in [5.74, 6) is 6.17. The van der Waals surface area contributed by atoms with E-state index in [0.29, 0.717) is 24.8 Å². The van der Waals surface area contributed by atoms with Crippen molar-refractivity contribution in [1.29, 1.82) is 0 Å². The van der Waals surface area contributed by atoms with Crippen molar-refractivity contribution in [3.8, 4) is 12.3 Å². The lowest BCUT2D eigenvalue weighted by molar-refractivity contribution is 0.487. The number of terminal acetylenes is 1. The Morgan fingerprint density at radius 3 is 2.69 bits per heavy atom. The number of rotatable bonds is 5. The second-order valence-electron chi connectivity index (χ2n) is 3.56. The highest BCUT2D eigenvalue weighted by Gasteiger charge is 2.09. The summed E-state index contributed by atoms with van der Waals surface area (Å²) in [4.78, 5) is 0. The van der Waals surface area contributed by atoms with E-state index in [2.05, 4.69) is 11.3 Å². The van der Waals surface area contributed by atoms with Gasteiger partial charge in [-0.05, 0) is 30.5 Å². The summed E-state index contributed by atoms with van der Waals surface area (Å²) in [5, 5.41) is 0. The molecule has 3 N–H and O–H groups in total. The molecule has 1 atom stereocenters. The van der Waals surface area contributed by atoms with E-state index in [0.717, 1.165) is 6.07 Å². The summed E-state index contributed by atoms with van der Waals surface area (Å²) >= 11 is 0. The number of hydrogen-bond acceptors (Lipinski definition) is 2. The van der Waals surface area contributed by atoms with Crippen LogP contribution < -0.4 is 11.3 Å². The van der Waals surface area contributed by atoms with Crippen molar-refractivity contribution >= 4 is 0 Å². The van der Waals surface area contributed by atoms with Crippen LogP contribution in [0.15, 0.2) is 18.2 Å². The van der Waals surface area contributed by atoms with Gasteiger partial charge in [0.2, 0.25) is 0 Å². The first-order chi connectivity index (χ1) is 7.67. The normalized spacial score (nSPS) is 12.1. The molecule has 2 nitrogen and oxygen atoms in total. The second-order valence-corrected chi connectivity index (χ2v) is 3.56. The van der Waals surface area contributed by atoms with E-state index in [-0.39, 0.29) is 6.04 Å². The number of hydrogen-bond donors (Lipinski definition) is 2. The molecular formula is C12H14F2N2. The zero-order chi connectivity index (χ0) is 12.0. The van der Waals surface area contributed by atoms with Crippen LogP contribution in [0, 0.1) is 24.0 Å². The Kier molecular flexibility index (Phi) is 4.90. The predicted molar refractivity (Wildman–Crippen MR) is 59.2 cm³/mol. The van der Waals surface area contributed by atoms with Crippen molar-refractivity contribution < 1.29 is 8.78 Å². The zero-order valence-electron chi connectivity index (χ0n) is 8.84. The van der Waals surface area contributed by atoms with E-state index >= 15 is 0 Å². The van der Waals surface area contributed by atoms with Crippen LogP contribution in [-0.4, -0.2) is 6.04 Å². The molecule has 1 aromatic carbocycles. The SMILES string of the molecule is C#CCCC(Cc1ccc(F)c(F)c1)NN. The van der Waals surface area contributed by atoms with Crippen LogP contribution in [0.3, 0.4) is 0 Å². The largest absolute Gasteiger partial charge is 0.271 e. The molecule has 16 heavy (non-hydrogen) atoms. The van der Waals surface area contributed by atoms with Crippen LogP contribution in [0.1, 0.15) is 18.4 Å². The van der Waals surface area contributed by atoms with Crippen LogP contribution in [-0.2, 0) is 6.42 Å². The Balaban J connectivity index is 2.63. The molecule has 0 heterocycles. The van der Waals surface area contributed by atoms with Crippen molar-refractivity contribution in [2.75, 3.05) is 0 Å². The molecule has 86 valence electrons. The van der Waals surface area contributed by atoms with Crippen LogP contribution in [0.4, 0.5) is 8.78 Å². The van der Waals surface area contributed by atoms with E-state index in [4.69, 9.17) is 12.3 Å². The number of hydrazine groups is 1. The molecule has 0 radical (unpaired) electrons. The molecule has 0 aliphatic carbocycles. The molecule has 1 aromatic rings. The van der Waals surface area contributed by atoms with Crippen LogP contribution in [0.2, 0.25) is 0 Å². The maximum Gasteiger partial charge on any atom is 0.159 e. The highest BCUT2D eigenvalue weighted by Crippen LogP contribution is 2.12. The van der Waals surface area contributed by atoms with Crippen LogP contribution in [0.25, 0.3) is 0 Å². The summed E-state index contributed by atoms with van der Waals surface area (Å²) in [7, 11) is 0. The number of nitrogens with one attached hydrogen (secondary N) is 1. The minimum atomic E-state index is -0.843. The fraction of sp³-hybridized carbons (Fsp3) is 0.333. The maximum atomic E-state index is 12.9. The molecular weight excluding hydrogens is 210 g/mol. The van der Waals surface area contributed by atoms with E-state index in [9.17, 15) is 8.78 Å². The predicted octanol–water partition coefficient (Wildman–Crippen LogP) is 1.75. The Morgan fingerprint density at radius 2 is 2.12 bits per heavy atom. The molecule has 0 spiro atoms. The lowest BCUT2D eigenvalue weighted by Crippen LogP contribution is -2.36. The third-order valence-corrected chi connectivity index (χ3v) is 2.34. The fourth-order valence-corrected chi connectivity index (χ4v) is 1.45. The maximum absolute atomic E-state index is 12.9. The van der Waals surface area contributed by atoms with Gasteiger partial charge < -0.3 is 0 Å². The molecule has 1 rings (SSSR count). The van der Waals surface area contributed by atoms with Gasteiger partial charge in [0.25, 0.3) is 0 Å². The van der Waals surface area contributed by atoms with E-state index < -0.39 is 11.6 Å². The molecule has 1 unspecified atom stereocenters. The summed E-state index contributed by atoms with van der Waals surface area (Å²) in [6.45, 7) is 0. The van der Waals surface area contributed by atoms with Gasteiger partial charge in [-0.1, -0.05) is 6.07 Å². The third kappa shape index (κ3) is 3.61. The molecule has 0 amide bonds. The lowest BCUT2D eigenvalue weighted by Gasteiger charge is -2.14. The third-order valence-electron chi connectivity index (χ3n) is 2.34. The van der Waals surface area contributed by atoms with E-state index in [1.807, 2.05) is 0 Å². The fourth-order valence-electron chi connectivity index (χ4n) is 1.45. The Bertz CT molecular complexity index is 385. The van der Waals surface area contributed by atoms with Gasteiger partial charge in [-0.3, -0.25) is 11.3 Å². The van der Waals surface area contributed by atoms with Crippen molar-refractivity contribution in [3.05, 3.63) is 35.4 Å². The number of nitrogens with two attached hydrogens (primary N) is 1. The minimum absolute atomic E-state index is 0.0269. The van der Waals surface area contributed by atoms with Gasteiger partial charge in [0.15, 0.2) is 11.6 Å². The standard InChI is InChI=1S/C12H14F2N2/c1-2-3-4-10(16-15)7-9-5-6-11(13)12(14)8-9/h1,5-6,8,10,16H,3-4,7,15H2. The van der Waals surface area contributed by atoms with E-state index in [1.165, 1.54) is 6.07 Å². The molecule has 0 aliphatic rings.